The van der Waals surface area contributed by atoms with E-state index in [1.165, 1.54) is 24.3 Å². The molecule has 0 aliphatic rings. The smallest absolute Gasteiger partial charge is 0.296 e. The third-order valence-electron chi connectivity index (χ3n) is 2.17. The lowest BCUT2D eigenvalue weighted by atomic mass is 10.1. The molecule has 0 bridgehead atoms. The predicted octanol–water partition coefficient (Wildman–Crippen LogP) is 3.07. The number of carbonyl (C=O) groups is 1. The maximum atomic E-state index is 12.6. The summed E-state index contributed by atoms with van der Waals surface area (Å²) in [6.07, 6.45) is -4.04. The number of aromatic nitrogens is 1. The van der Waals surface area contributed by atoms with Crippen LogP contribution in [-0.2, 0) is 6.18 Å². The van der Waals surface area contributed by atoms with E-state index in [-0.39, 0.29) is 11.2 Å². The Hall–Kier alpha value is -1.91. The first-order valence-corrected chi connectivity index (χ1v) is 4.44. The van der Waals surface area contributed by atoms with Gasteiger partial charge in [0.15, 0.2) is 6.29 Å². The van der Waals surface area contributed by atoms with Crippen molar-refractivity contribution in [3.05, 3.63) is 41.6 Å². The van der Waals surface area contributed by atoms with Crippen LogP contribution in [0.2, 0.25) is 0 Å². The van der Waals surface area contributed by atoms with E-state index in [9.17, 15) is 18.0 Å². The zero-order valence-electron chi connectivity index (χ0n) is 7.95. The lowest BCUT2D eigenvalue weighted by Crippen LogP contribution is -2.06. The van der Waals surface area contributed by atoms with Crippen molar-refractivity contribution in [1.82, 2.24) is 4.98 Å². The fraction of sp³-hybridized carbons (Fsp3) is 0.0909. The number of nitrogens with zero attached hydrogens (tertiary/aromatic N) is 1. The molecule has 5 heteroatoms. The van der Waals surface area contributed by atoms with Gasteiger partial charge in [-0.05, 0) is 12.1 Å². The Morgan fingerprint density at radius 1 is 1.12 bits per heavy atom. The largest absolute Gasteiger partial charge is 0.418 e. The summed E-state index contributed by atoms with van der Waals surface area (Å²) in [5.41, 5.74) is -1.03. The Labute approximate surface area is 88.7 Å². The summed E-state index contributed by atoms with van der Waals surface area (Å²) in [4.78, 5) is 14.1. The highest BCUT2D eigenvalue weighted by Crippen LogP contribution is 2.33. The number of pyridine rings is 1. The molecule has 1 heterocycles. The molecular weight excluding hydrogens is 219 g/mol. The van der Waals surface area contributed by atoms with Gasteiger partial charge in [0.2, 0.25) is 0 Å². The summed E-state index contributed by atoms with van der Waals surface area (Å²) in [7, 11) is 0. The van der Waals surface area contributed by atoms with Crippen molar-refractivity contribution in [2.45, 2.75) is 6.18 Å². The molecule has 0 atom stereocenters. The Balaban J connectivity index is 2.79. The molecule has 0 radical (unpaired) electrons. The second kappa shape index (κ2) is 3.59. The van der Waals surface area contributed by atoms with Gasteiger partial charge in [-0.1, -0.05) is 18.2 Å². The molecule has 1 aromatic carbocycles. The number of carbonyl (C=O) groups excluding carboxylic acids is 1. The van der Waals surface area contributed by atoms with E-state index in [4.69, 9.17) is 0 Å². The standard InChI is InChI=1S/C11H6F3NO/c12-11(13,14)9-3-1-2-7-4-5-8(6-16)15-10(7)9/h1-6H. The van der Waals surface area contributed by atoms with Gasteiger partial charge in [0.05, 0.1) is 11.1 Å². The van der Waals surface area contributed by atoms with E-state index in [0.29, 0.717) is 11.7 Å². The summed E-state index contributed by atoms with van der Waals surface area (Å²) < 4.78 is 37.9. The van der Waals surface area contributed by atoms with Crippen molar-refractivity contribution in [2.24, 2.45) is 0 Å². The van der Waals surface area contributed by atoms with Gasteiger partial charge in [-0.15, -0.1) is 0 Å². The molecule has 0 aliphatic carbocycles. The molecule has 0 unspecified atom stereocenters. The fourth-order valence-electron chi connectivity index (χ4n) is 1.46. The molecule has 0 saturated carbocycles. The maximum absolute atomic E-state index is 12.6. The van der Waals surface area contributed by atoms with Crippen LogP contribution in [-0.4, -0.2) is 11.3 Å². The molecular formula is C11H6F3NO. The van der Waals surface area contributed by atoms with E-state index in [0.717, 1.165) is 6.07 Å². The maximum Gasteiger partial charge on any atom is 0.418 e. The molecule has 2 aromatic rings. The molecule has 1 aromatic heterocycles. The van der Waals surface area contributed by atoms with Crippen molar-refractivity contribution < 1.29 is 18.0 Å². The van der Waals surface area contributed by atoms with Crippen LogP contribution in [0.25, 0.3) is 10.9 Å². The predicted molar refractivity (Wildman–Crippen MR) is 52.1 cm³/mol. The van der Waals surface area contributed by atoms with Gasteiger partial charge in [0.1, 0.15) is 5.69 Å². The van der Waals surface area contributed by atoms with Gasteiger partial charge < -0.3 is 0 Å². The third kappa shape index (κ3) is 1.76. The summed E-state index contributed by atoms with van der Waals surface area (Å²) in [5, 5.41) is 0.362. The average molecular weight is 225 g/mol. The topological polar surface area (TPSA) is 30.0 Å². The second-order valence-corrected chi connectivity index (χ2v) is 3.23. The van der Waals surface area contributed by atoms with Crippen LogP contribution >= 0.6 is 0 Å². The van der Waals surface area contributed by atoms with Crippen LogP contribution < -0.4 is 0 Å². The van der Waals surface area contributed by atoms with Crippen molar-refractivity contribution in [2.75, 3.05) is 0 Å². The van der Waals surface area contributed by atoms with Crippen LogP contribution in [0.4, 0.5) is 13.2 Å². The number of aldehydes is 1. The molecule has 2 rings (SSSR count). The van der Waals surface area contributed by atoms with Gasteiger partial charge in [-0.3, -0.25) is 4.79 Å². The van der Waals surface area contributed by atoms with Crippen molar-refractivity contribution in [3.8, 4) is 0 Å². The van der Waals surface area contributed by atoms with Crippen molar-refractivity contribution in [3.63, 3.8) is 0 Å². The van der Waals surface area contributed by atoms with Gasteiger partial charge in [0, 0.05) is 5.39 Å². The highest BCUT2D eigenvalue weighted by molar-refractivity contribution is 5.86. The average Bonchev–Trinajstić information content (AvgIpc) is 2.26. The zero-order chi connectivity index (χ0) is 11.8. The first kappa shape index (κ1) is 10.6. The number of alkyl halides is 3. The SMILES string of the molecule is O=Cc1ccc2cccc(C(F)(F)F)c2n1. The van der Waals surface area contributed by atoms with E-state index in [1.54, 1.807) is 0 Å². The molecule has 0 spiro atoms. The quantitative estimate of drug-likeness (QED) is 0.698. The Kier molecular flexibility index (Phi) is 2.38. The monoisotopic (exact) mass is 225 g/mol. The molecule has 0 aliphatic heterocycles. The lowest BCUT2D eigenvalue weighted by molar-refractivity contribution is -0.136. The minimum Gasteiger partial charge on any atom is -0.296 e. The number of hydrogen-bond donors (Lipinski definition) is 0. The number of fused-ring (bicyclic) bond motifs is 1. The highest BCUT2D eigenvalue weighted by atomic mass is 19.4. The molecule has 16 heavy (non-hydrogen) atoms. The fourth-order valence-corrected chi connectivity index (χ4v) is 1.46. The third-order valence-corrected chi connectivity index (χ3v) is 2.17. The summed E-state index contributed by atoms with van der Waals surface area (Å²) in [6.45, 7) is 0. The minimum absolute atomic E-state index is 0.01000. The Morgan fingerprint density at radius 3 is 2.50 bits per heavy atom. The first-order chi connectivity index (χ1) is 7.52. The minimum atomic E-state index is -4.46. The number of para-hydroxylation sites is 1. The number of rotatable bonds is 1. The van der Waals surface area contributed by atoms with Gasteiger partial charge in [-0.2, -0.15) is 13.2 Å². The first-order valence-electron chi connectivity index (χ1n) is 4.44. The van der Waals surface area contributed by atoms with E-state index in [1.807, 2.05) is 0 Å². The Bertz CT molecular complexity index is 548. The molecule has 0 fully saturated rings. The lowest BCUT2D eigenvalue weighted by Gasteiger charge is -2.09. The van der Waals surface area contributed by atoms with E-state index >= 15 is 0 Å². The van der Waals surface area contributed by atoms with E-state index < -0.39 is 11.7 Å². The molecule has 2 nitrogen and oxygen atoms in total. The van der Waals surface area contributed by atoms with Crippen LogP contribution in [0.3, 0.4) is 0 Å². The Morgan fingerprint density at radius 2 is 1.88 bits per heavy atom. The number of hydrogen-bond acceptors (Lipinski definition) is 2. The van der Waals surface area contributed by atoms with Crippen LogP contribution in [0.15, 0.2) is 30.3 Å². The second-order valence-electron chi connectivity index (χ2n) is 3.23. The normalized spacial score (nSPS) is 11.7. The van der Waals surface area contributed by atoms with Crippen LogP contribution in [0.5, 0.6) is 0 Å². The van der Waals surface area contributed by atoms with Crippen molar-refractivity contribution in [1.29, 1.82) is 0 Å². The zero-order valence-corrected chi connectivity index (χ0v) is 7.95. The highest BCUT2D eigenvalue weighted by Gasteiger charge is 2.33. The number of halogens is 3. The van der Waals surface area contributed by atoms with Gasteiger partial charge >= 0.3 is 6.18 Å². The number of benzene rings is 1. The molecule has 0 saturated heterocycles. The summed E-state index contributed by atoms with van der Waals surface area (Å²) in [6, 6.07) is 6.61. The van der Waals surface area contributed by atoms with E-state index in [2.05, 4.69) is 4.98 Å². The van der Waals surface area contributed by atoms with Crippen LogP contribution in [0, 0.1) is 0 Å². The summed E-state index contributed by atoms with van der Waals surface area (Å²) >= 11 is 0. The van der Waals surface area contributed by atoms with Gasteiger partial charge in [0.25, 0.3) is 0 Å². The molecule has 0 amide bonds. The molecule has 82 valence electrons. The molecule has 0 N–H and O–H groups in total. The van der Waals surface area contributed by atoms with Crippen molar-refractivity contribution >= 4 is 17.2 Å². The van der Waals surface area contributed by atoms with Crippen LogP contribution in [0.1, 0.15) is 16.1 Å². The summed E-state index contributed by atoms with van der Waals surface area (Å²) in [5.74, 6) is 0. The van der Waals surface area contributed by atoms with Gasteiger partial charge in [-0.25, -0.2) is 4.98 Å².